The van der Waals surface area contributed by atoms with Crippen molar-refractivity contribution in [2.45, 2.75) is 18.3 Å². The molecule has 0 unspecified atom stereocenters. The first-order valence-electron chi connectivity index (χ1n) is 8.66. The van der Waals surface area contributed by atoms with Crippen LogP contribution in [0.5, 0.6) is 5.75 Å². The fraction of sp³-hybridized carbons (Fsp3) is 0.200. The van der Waals surface area contributed by atoms with Gasteiger partial charge in [0.25, 0.3) is 0 Å². The topological polar surface area (TPSA) is 76.4 Å². The van der Waals surface area contributed by atoms with E-state index in [4.69, 9.17) is 4.74 Å². The van der Waals surface area contributed by atoms with Crippen LogP contribution in [0.15, 0.2) is 53.8 Å². The Kier molecular flexibility index (Phi) is 6.84. The van der Waals surface area contributed by atoms with Gasteiger partial charge in [-0.1, -0.05) is 23.9 Å². The van der Waals surface area contributed by atoms with Crippen molar-refractivity contribution in [2.24, 2.45) is 0 Å². The van der Waals surface area contributed by atoms with Crippen LogP contribution >= 0.6 is 11.8 Å². The summed E-state index contributed by atoms with van der Waals surface area (Å²) in [6, 6.07) is 10.4. The first kappa shape index (κ1) is 20.8. The Hall–Kier alpha value is -2.91. The zero-order valence-corrected chi connectivity index (χ0v) is 16.4. The summed E-state index contributed by atoms with van der Waals surface area (Å²) in [5.74, 6) is -1.30. The number of ether oxygens (including phenoxy) is 1. The number of aromatic nitrogens is 2. The number of hydrogen-bond donors (Lipinski definition) is 2. The van der Waals surface area contributed by atoms with Crippen LogP contribution in [0.2, 0.25) is 0 Å². The number of carbonyl (C=O) groups excluding carboxylic acids is 1. The van der Waals surface area contributed by atoms with E-state index in [1.54, 1.807) is 17.9 Å². The molecule has 1 aromatic heterocycles. The lowest BCUT2D eigenvalue weighted by molar-refractivity contribution is -0.113. The largest absolute Gasteiger partial charge is 0.497 e. The SMILES string of the molecule is COc1ccc(Cn2c(CO)cnc2SCC(=O)Nc2ccc(F)cc2F)cc1. The van der Waals surface area contributed by atoms with E-state index in [1.807, 2.05) is 24.3 Å². The Balaban J connectivity index is 1.67. The van der Waals surface area contributed by atoms with Crippen LogP contribution in [-0.2, 0) is 17.9 Å². The van der Waals surface area contributed by atoms with Crippen molar-refractivity contribution in [1.29, 1.82) is 0 Å². The fourth-order valence-electron chi connectivity index (χ4n) is 2.62. The molecule has 0 aliphatic carbocycles. The average molecular weight is 419 g/mol. The number of carbonyl (C=O) groups is 1. The molecule has 2 aromatic carbocycles. The van der Waals surface area contributed by atoms with E-state index >= 15 is 0 Å². The van der Waals surface area contributed by atoms with E-state index in [0.717, 1.165) is 29.1 Å². The number of aliphatic hydroxyl groups is 1. The van der Waals surface area contributed by atoms with Crippen LogP contribution in [0.25, 0.3) is 0 Å². The highest BCUT2D eigenvalue weighted by molar-refractivity contribution is 7.99. The van der Waals surface area contributed by atoms with Gasteiger partial charge in [0.05, 0.1) is 37.0 Å². The lowest BCUT2D eigenvalue weighted by atomic mass is 10.2. The molecular weight excluding hydrogens is 400 g/mol. The van der Waals surface area contributed by atoms with Gasteiger partial charge < -0.3 is 19.7 Å². The lowest BCUT2D eigenvalue weighted by Crippen LogP contribution is -2.16. The second kappa shape index (κ2) is 9.53. The van der Waals surface area contributed by atoms with Crippen molar-refractivity contribution < 1.29 is 23.4 Å². The van der Waals surface area contributed by atoms with Gasteiger partial charge in [-0.25, -0.2) is 13.8 Å². The third-order valence-electron chi connectivity index (χ3n) is 4.10. The van der Waals surface area contributed by atoms with E-state index in [0.29, 0.717) is 23.5 Å². The second-order valence-corrected chi connectivity index (χ2v) is 7.03. The molecule has 152 valence electrons. The van der Waals surface area contributed by atoms with Crippen LogP contribution in [0, 0.1) is 11.6 Å². The monoisotopic (exact) mass is 419 g/mol. The number of rotatable bonds is 8. The Morgan fingerprint density at radius 1 is 1.24 bits per heavy atom. The summed E-state index contributed by atoms with van der Waals surface area (Å²) in [5, 5.41) is 12.5. The first-order valence-corrected chi connectivity index (χ1v) is 9.64. The first-order chi connectivity index (χ1) is 14.0. The number of benzene rings is 2. The molecule has 0 aliphatic heterocycles. The Morgan fingerprint density at radius 2 is 2.00 bits per heavy atom. The summed E-state index contributed by atoms with van der Waals surface area (Å²) >= 11 is 1.15. The van der Waals surface area contributed by atoms with Gasteiger partial charge in [0.2, 0.25) is 5.91 Å². The molecule has 6 nitrogen and oxygen atoms in total. The number of amides is 1. The van der Waals surface area contributed by atoms with Crippen molar-refractivity contribution in [1.82, 2.24) is 9.55 Å². The molecule has 0 fully saturated rings. The standard InChI is InChI=1S/C20H19F2N3O3S/c1-28-16-5-2-13(3-6-16)10-25-15(11-26)9-23-20(25)29-12-19(27)24-18-7-4-14(21)8-17(18)22/h2-9,26H,10-12H2,1H3,(H,24,27). The number of nitrogens with zero attached hydrogens (tertiary/aromatic N) is 2. The molecule has 29 heavy (non-hydrogen) atoms. The summed E-state index contributed by atoms with van der Waals surface area (Å²) in [4.78, 5) is 16.4. The highest BCUT2D eigenvalue weighted by Crippen LogP contribution is 2.22. The highest BCUT2D eigenvalue weighted by Gasteiger charge is 2.14. The number of imidazole rings is 1. The predicted molar refractivity (Wildman–Crippen MR) is 106 cm³/mol. The maximum atomic E-state index is 13.7. The number of methoxy groups -OCH3 is 1. The summed E-state index contributed by atoms with van der Waals surface area (Å²) in [5.41, 5.74) is 1.49. The van der Waals surface area contributed by atoms with E-state index in [-0.39, 0.29) is 18.0 Å². The van der Waals surface area contributed by atoms with E-state index in [1.165, 1.54) is 6.07 Å². The number of halogens is 2. The maximum absolute atomic E-state index is 13.7. The third-order valence-corrected chi connectivity index (χ3v) is 5.09. The molecular formula is C20H19F2N3O3S. The minimum absolute atomic E-state index is 0.0265. The molecule has 0 radical (unpaired) electrons. The van der Waals surface area contributed by atoms with Gasteiger partial charge in [-0.15, -0.1) is 0 Å². The molecule has 0 saturated carbocycles. The van der Waals surface area contributed by atoms with Crippen molar-refractivity contribution in [3.05, 3.63) is 71.6 Å². The zero-order chi connectivity index (χ0) is 20.8. The van der Waals surface area contributed by atoms with Gasteiger partial charge in [-0.05, 0) is 29.8 Å². The van der Waals surface area contributed by atoms with Gasteiger partial charge in [0.1, 0.15) is 17.4 Å². The Bertz CT molecular complexity index is 993. The fourth-order valence-corrected chi connectivity index (χ4v) is 3.42. The van der Waals surface area contributed by atoms with Crippen molar-refractivity contribution >= 4 is 23.4 Å². The normalized spacial score (nSPS) is 10.8. The van der Waals surface area contributed by atoms with Gasteiger partial charge in [-0.2, -0.15) is 0 Å². The molecule has 0 atom stereocenters. The van der Waals surface area contributed by atoms with E-state index in [2.05, 4.69) is 10.3 Å². The van der Waals surface area contributed by atoms with Crippen LogP contribution in [0.4, 0.5) is 14.5 Å². The maximum Gasteiger partial charge on any atom is 0.234 e. The smallest absolute Gasteiger partial charge is 0.234 e. The average Bonchev–Trinajstić information content (AvgIpc) is 3.10. The molecule has 3 rings (SSSR count). The number of aliphatic hydroxyl groups excluding tert-OH is 1. The Morgan fingerprint density at radius 3 is 2.66 bits per heavy atom. The molecule has 9 heteroatoms. The van der Waals surface area contributed by atoms with Crippen LogP contribution < -0.4 is 10.1 Å². The molecule has 1 heterocycles. The highest BCUT2D eigenvalue weighted by atomic mass is 32.2. The Labute approximate surface area is 170 Å². The molecule has 3 aromatic rings. The number of hydrogen-bond acceptors (Lipinski definition) is 5. The minimum Gasteiger partial charge on any atom is -0.497 e. The molecule has 1 amide bonds. The van der Waals surface area contributed by atoms with Gasteiger partial charge in [0, 0.05) is 12.6 Å². The molecule has 0 aliphatic rings. The van der Waals surface area contributed by atoms with Crippen molar-refractivity contribution in [3.8, 4) is 5.75 Å². The van der Waals surface area contributed by atoms with Gasteiger partial charge >= 0.3 is 0 Å². The van der Waals surface area contributed by atoms with Crippen molar-refractivity contribution in [2.75, 3.05) is 18.2 Å². The molecule has 0 saturated heterocycles. The number of nitrogens with one attached hydrogen (secondary N) is 1. The summed E-state index contributed by atoms with van der Waals surface area (Å²) in [7, 11) is 1.59. The third kappa shape index (κ3) is 5.33. The zero-order valence-electron chi connectivity index (χ0n) is 15.6. The second-order valence-electron chi connectivity index (χ2n) is 6.09. The lowest BCUT2D eigenvalue weighted by Gasteiger charge is -2.11. The predicted octanol–water partition coefficient (Wildman–Crippen LogP) is 3.44. The summed E-state index contributed by atoms with van der Waals surface area (Å²) < 4.78 is 33.6. The van der Waals surface area contributed by atoms with Crippen LogP contribution in [0.1, 0.15) is 11.3 Å². The molecule has 0 spiro atoms. The van der Waals surface area contributed by atoms with E-state index in [9.17, 15) is 18.7 Å². The van der Waals surface area contributed by atoms with Crippen LogP contribution in [-0.4, -0.2) is 33.4 Å². The molecule has 2 N–H and O–H groups in total. The van der Waals surface area contributed by atoms with E-state index < -0.39 is 17.5 Å². The van der Waals surface area contributed by atoms with Gasteiger partial charge in [0.15, 0.2) is 5.16 Å². The summed E-state index contributed by atoms with van der Waals surface area (Å²) in [6.07, 6.45) is 1.55. The minimum atomic E-state index is -0.841. The van der Waals surface area contributed by atoms with Gasteiger partial charge in [-0.3, -0.25) is 4.79 Å². The summed E-state index contributed by atoms with van der Waals surface area (Å²) in [6.45, 7) is 0.257. The van der Waals surface area contributed by atoms with Crippen LogP contribution in [0.3, 0.4) is 0 Å². The number of anilines is 1. The quantitative estimate of drug-likeness (QED) is 0.547. The number of thioether (sulfide) groups is 1. The molecule has 0 bridgehead atoms. The van der Waals surface area contributed by atoms with Crippen molar-refractivity contribution in [3.63, 3.8) is 0 Å².